The van der Waals surface area contributed by atoms with Crippen LogP contribution < -0.4 is 16.1 Å². The highest BCUT2D eigenvalue weighted by atomic mass is 16.2. The first-order valence-electron chi connectivity index (χ1n) is 5.73. The van der Waals surface area contributed by atoms with Crippen LogP contribution in [0.4, 0.5) is 10.5 Å². The quantitative estimate of drug-likeness (QED) is 0.713. The topological polar surface area (TPSA) is 74.0 Å². The van der Waals surface area contributed by atoms with E-state index in [2.05, 4.69) is 21.5 Å². The van der Waals surface area contributed by atoms with E-state index >= 15 is 0 Å². The lowest BCUT2D eigenvalue weighted by molar-refractivity contribution is 0.253. The average Bonchev–Trinajstić information content (AvgIpc) is 2.40. The number of H-pyrrole nitrogens is 1. The number of carbonyl (C=O) groups is 1. The molecule has 0 radical (unpaired) electrons. The number of para-hydroxylation sites is 1. The van der Waals surface area contributed by atoms with Gasteiger partial charge in [-0.2, -0.15) is 0 Å². The predicted molar refractivity (Wildman–Crippen MR) is 75.2 cm³/mol. The average molecular weight is 255 g/mol. The van der Waals surface area contributed by atoms with Gasteiger partial charge in [0.05, 0.1) is 12.1 Å². The molecule has 5 nitrogen and oxygen atoms in total. The second kappa shape index (κ2) is 5.27. The summed E-state index contributed by atoms with van der Waals surface area (Å²) in [7, 11) is 0. The minimum absolute atomic E-state index is 0.108. The number of rotatable bonds is 2. The van der Waals surface area contributed by atoms with Crippen LogP contribution in [0.3, 0.4) is 0 Å². The lowest BCUT2D eigenvalue weighted by Gasteiger charge is -2.07. The summed E-state index contributed by atoms with van der Waals surface area (Å²) in [5.74, 6) is 2.28. The zero-order valence-corrected chi connectivity index (χ0v) is 10.4. The molecular weight excluding hydrogens is 242 g/mol. The molecule has 0 aliphatic carbocycles. The van der Waals surface area contributed by atoms with Crippen LogP contribution in [-0.2, 0) is 0 Å². The number of anilines is 1. The van der Waals surface area contributed by atoms with Gasteiger partial charge in [0.1, 0.15) is 5.69 Å². The molecule has 2 aromatic rings. The Hall–Kier alpha value is -2.74. The van der Waals surface area contributed by atoms with Crippen molar-refractivity contribution in [1.82, 2.24) is 10.3 Å². The monoisotopic (exact) mass is 255 g/mol. The number of urea groups is 1. The molecule has 0 atom stereocenters. The van der Waals surface area contributed by atoms with Gasteiger partial charge < -0.3 is 15.6 Å². The van der Waals surface area contributed by atoms with Crippen LogP contribution >= 0.6 is 0 Å². The standard InChI is InChI=1S/C14H13N3O2/c1-3-7-15-14(19)17-11-8-16-12-9(2)5-4-6-10(12)13(11)18/h1,4-6,8H,7H2,2H3,(H,16,18)(H2,15,17,19). The number of pyridine rings is 1. The van der Waals surface area contributed by atoms with Crippen LogP contribution in [0.2, 0.25) is 0 Å². The van der Waals surface area contributed by atoms with E-state index in [4.69, 9.17) is 6.42 Å². The number of amides is 2. The van der Waals surface area contributed by atoms with E-state index in [1.54, 1.807) is 12.1 Å². The fraction of sp³-hybridized carbons (Fsp3) is 0.143. The van der Waals surface area contributed by atoms with Gasteiger partial charge in [-0.25, -0.2) is 4.79 Å². The highest BCUT2D eigenvalue weighted by Gasteiger charge is 2.08. The van der Waals surface area contributed by atoms with Crippen molar-refractivity contribution in [2.24, 2.45) is 0 Å². The van der Waals surface area contributed by atoms with E-state index in [-0.39, 0.29) is 17.7 Å². The zero-order valence-electron chi connectivity index (χ0n) is 10.4. The van der Waals surface area contributed by atoms with Gasteiger partial charge in [0.2, 0.25) is 5.43 Å². The first-order chi connectivity index (χ1) is 9.13. The SMILES string of the molecule is C#CCNC(=O)Nc1c[nH]c2c(C)cccc2c1=O. The molecular formula is C14H13N3O2. The molecule has 0 bridgehead atoms. The number of carbonyl (C=O) groups excluding carboxylic acids is 1. The minimum Gasteiger partial charge on any atom is -0.359 e. The lowest BCUT2D eigenvalue weighted by Crippen LogP contribution is -2.31. The summed E-state index contributed by atoms with van der Waals surface area (Å²) >= 11 is 0. The van der Waals surface area contributed by atoms with E-state index in [1.165, 1.54) is 6.20 Å². The number of aromatic nitrogens is 1. The van der Waals surface area contributed by atoms with Crippen molar-refractivity contribution in [1.29, 1.82) is 0 Å². The molecule has 96 valence electrons. The molecule has 0 saturated heterocycles. The third-order valence-electron chi connectivity index (χ3n) is 2.72. The van der Waals surface area contributed by atoms with Crippen molar-refractivity contribution in [3.63, 3.8) is 0 Å². The highest BCUT2D eigenvalue weighted by molar-refractivity contribution is 5.92. The summed E-state index contributed by atoms with van der Waals surface area (Å²) < 4.78 is 0. The van der Waals surface area contributed by atoms with Crippen LogP contribution in [0, 0.1) is 19.3 Å². The largest absolute Gasteiger partial charge is 0.359 e. The van der Waals surface area contributed by atoms with Crippen molar-refractivity contribution in [2.45, 2.75) is 6.92 Å². The third-order valence-corrected chi connectivity index (χ3v) is 2.72. The van der Waals surface area contributed by atoms with Crippen LogP contribution in [0.1, 0.15) is 5.56 Å². The number of aryl methyl sites for hydroxylation is 1. The van der Waals surface area contributed by atoms with E-state index in [0.717, 1.165) is 11.1 Å². The first kappa shape index (κ1) is 12.7. The van der Waals surface area contributed by atoms with Gasteiger partial charge in [0, 0.05) is 11.6 Å². The van der Waals surface area contributed by atoms with Crippen molar-refractivity contribution < 1.29 is 4.79 Å². The molecule has 1 aromatic heterocycles. The Kier molecular flexibility index (Phi) is 3.53. The second-order valence-corrected chi connectivity index (χ2v) is 4.04. The Labute approximate surface area is 110 Å². The van der Waals surface area contributed by atoms with Crippen molar-refractivity contribution in [3.8, 4) is 12.3 Å². The number of terminal acetylenes is 1. The lowest BCUT2D eigenvalue weighted by atomic mass is 10.1. The van der Waals surface area contributed by atoms with Gasteiger partial charge >= 0.3 is 6.03 Å². The van der Waals surface area contributed by atoms with Gasteiger partial charge in [0.25, 0.3) is 0 Å². The van der Waals surface area contributed by atoms with Crippen molar-refractivity contribution in [2.75, 3.05) is 11.9 Å². The summed E-state index contributed by atoms with van der Waals surface area (Å²) in [5, 5.41) is 5.43. The maximum absolute atomic E-state index is 12.2. The summed E-state index contributed by atoms with van der Waals surface area (Å²) in [6, 6.07) is 4.92. The van der Waals surface area contributed by atoms with Gasteiger partial charge in [-0.15, -0.1) is 6.42 Å². The number of aromatic amines is 1. The van der Waals surface area contributed by atoms with E-state index < -0.39 is 6.03 Å². The first-order valence-corrected chi connectivity index (χ1v) is 5.73. The van der Waals surface area contributed by atoms with Crippen LogP contribution in [0.15, 0.2) is 29.2 Å². The molecule has 0 saturated carbocycles. The summed E-state index contributed by atoms with van der Waals surface area (Å²) in [4.78, 5) is 26.7. The molecule has 3 N–H and O–H groups in total. The van der Waals surface area contributed by atoms with E-state index in [9.17, 15) is 9.59 Å². The smallest absolute Gasteiger partial charge is 0.320 e. The molecule has 0 aliphatic rings. The molecule has 1 heterocycles. The zero-order chi connectivity index (χ0) is 13.8. The van der Waals surface area contributed by atoms with Gasteiger partial charge in [-0.05, 0) is 18.6 Å². The molecule has 1 aromatic carbocycles. The molecule has 0 aliphatic heterocycles. The fourth-order valence-corrected chi connectivity index (χ4v) is 1.79. The Balaban J connectivity index is 2.36. The van der Waals surface area contributed by atoms with E-state index in [0.29, 0.717) is 5.39 Å². The Morgan fingerprint density at radius 2 is 2.26 bits per heavy atom. The number of benzene rings is 1. The number of hydrogen-bond donors (Lipinski definition) is 3. The van der Waals surface area contributed by atoms with Gasteiger partial charge in [-0.3, -0.25) is 4.79 Å². The molecule has 2 rings (SSSR count). The molecule has 0 unspecified atom stereocenters. The van der Waals surface area contributed by atoms with Crippen LogP contribution in [-0.4, -0.2) is 17.6 Å². The second-order valence-electron chi connectivity index (χ2n) is 4.04. The highest BCUT2D eigenvalue weighted by Crippen LogP contribution is 2.14. The Bertz CT molecular complexity index is 726. The van der Waals surface area contributed by atoms with Crippen molar-refractivity contribution >= 4 is 22.6 Å². The normalized spacial score (nSPS) is 9.89. The van der Waals surface area contributed by atoms with Crippen LogP contribution in [0.25, 0.3) is 10.9 Å². The summed E-state index contributed by atoms with van der Waals surface area (Å²) in [6.45, 7) is 2.02. The van der Waals surface area contributed by atoms with E-state index in [1.807, 2.05) is 13.0 Å². The Morgan fingerprint density at radius 3 is 3.00 bits per heavy atom. The minimum atomic E-state index is -0.504. The molecule has 0 spiro atoms. The number of hydrogen-bond acceptors (Lipinski definition) is 2. The molecule has 0 fully saturated rings. The summed E-state index contributed by atoms with van der Waals surface area (Å²) in [5.41, 5.74) is 1.70. The maximum atomic E-state index is 12.2. The third kappa shape index (κ3) is 2.58. The maximum Gasteiger partial charge on any atom is 0.320 e. The van der Waals surface area contributed by atoms with Crippen LogP contribution in [0.5, 0.6) is 0 Å². The van der Waals surface area contributed by atoms with Crippen molar-refractivity contribution in [3.05, 3.63) is 40.2 Å². The predicted octanol–water partition coefficient (Wildman–Crippen LogP) is 1.59. The fourth-order valence-electron chi connectivity index (χ4n) is 1.79. The summed E-state index contributed by atoms with van der Waals surface area (Å²) in [6.07, 6.45) is 6.51. The number of fused-ring (bicyclic) bond motifs is 1. The number of nitrogens with one attached hydrogen (secondary N) is 3. The van der Waals surface area contributed by atoms with Gasteiger partial charge in [-0.1, -0.05) is 18.1 Å². The molecule has 2 amide bonds. The molecule has 5 heteroatoms. The Morgan fingerprint density at radius 1 is 1.47 bits per heavy atom. The van der Waals surface area contributed by atoms with Gasteiger partial charge in [0.15, 0.2) is 0 Å². The molecule has 19 heavy (non-hydrogen) atoms.